The highest BCUT2D eigenvalue weighted by Crippen LogP contribution is 2.29. The van der Waals surface area contributed by atoms with Gasteiger partial charge in [0.25, 0.3) is 0 Å². The van der Waals surface area contributed by atoms with Gasteiger partial charge in [0.1, 0.15) is 17.1 Å². The summed E-state index contributed by atoms with van der Waals surface area (Å²) >= 11 is 0. The summed E-state index contributed by atoms with van der Waals surface area (Å²) in [5.41, 5.74) is 3.93. The number of hydrogen-bond acceptors (Lipinski definition) is 5. The number of halogens is 1. The first kappa shape index (κ1) is 27.2. The third-order valence-corrected chi connectivity index (χ3v) is 5.45. The molecule has 3 rings (SSSR count). The number of aromatic hydroxyl groups is 1. The van der Waals surface area contributed by atoms with Crippen LogP contribution in [0.4, 0.5) is 0 Å². The number of phenolic OH excluding ortho intramolecular Hbond substituents is 1. The van der Waals surface area contributed by atoms with Crippen LogP contribution in [-0.4, -0.2) is 40.0 Å². The molecular weight excluding hydrogens is 454 g/mol. The van der Waals surface area contributed by atoms with Gasteiger partial charge in [-0.2, -0.15) is 0 Å². The van der Waals surface area contributed by atoms with E-state index in [-0.39, 0.29) is 35.9 Å². The predicted molar refractivity (Wildman–Crippen MR) is 136 cm³/mol. The van der Waals surface area contributed by atoms with E-state index < -0.39 is 12.1 Å². The van der Waals surface area contributed by atoms with Crippen molar-refractivity contribution < 1.29 is 24.9 Å². The van der Waals surface area contributed by atoms with Crippen LogP contribution in [0.3, 0.4) is 0 Å². The first-order valence-electron chi connectivity index (χ1n) is 11.1. The number of aliphatic hydroxyl groups excluding tert-OH is 1. The molecule has 0 bridgehead atoms. The van der Waals surface area contributed by atoms with E-state index in [0.717, 1.165) is 28.7 Å². The average Bonchev–Trinajstić information content (AvgIpc) is 2.79. The summed E-state index contributed by atoms with van der Waals surface area (Å²) in [5, 5.41) is 32.6. The van der Waals surface area contributed by atoms with Gasteiger partial charge < -0.3 is 25.4 Å². The molecule has 34 heavy (non-hydrogen) atoms. The Morgan fingerprint density at radius 3 is 2.15 bits per heavy atom. The molecule has 6 nitrogen and oxygen atoms in total. The lowest BCUT2D eigenvalue weighted by molar-refractivity contribution is 0.0690. The normalized spacial score (nSPS) is 12.6. The summed E-state index contributed by atoms with van der Waals surface area (Å²) in [7, 11) is 0. The molecule has 0 saturated heterocycles. The monoisotopic (exact) mass is 485 g/mol. The third-order valence-electron chi connectivity index (χ3n) is 5.45. The molecule has 0 fully saturated rings. The maximum absolute atomic E-state index is 11.5. The molecule has 0 aliphatic carbocycles. The largest absolute Gasteiger partial charge is 0.508 e. The van der Waals surface area contributed by atoms with Crippen LogP contribution < -0.4 is 10.1 Å². The van der Waals surface area contributed by atoms with E-state index in [1.807, 2.05) is 45.0 Å². The van der Waals surface area contributed by atoms with Gasteiger partial charge in [-0.1, -0.05) is 42.5 Å². The van der Waals surface area contributed by atoms with Crippen molar-refractivity contribution in [3.63, 3.8) is 0 Å². The number of aromatic carboxylic acids is 1. The van der Waals surface area contributed by atoms with Crippen LogP contribution in [0.1, 0.15) is 48.4 Å². The second kappa shape index (κ2) is 12.4. The van der Waals surface area contributed by atoms with Crippen molar-refractivity contribution in [3.05, 3.63) is 83.4 Å². The Hall–Kier alpha value is -3.06. The lowest BCUT2D eigenvalue weighted by Gasteiger charge is -2.21. The summed E-state index contributed by atoms with van der Waals surface area (Å²) in [6.07, 6.45) is 0.0132. The first-order valence-corrected chi connectivity index (χ1v) is 11.1. The molecule has 0 aliphatic rings. The molecule has 0 aliphatic heterocycles. The summed E-state index contributed by atoms with van der Waals surface area (Å²) < 4.78 is 5.70. The zero-order valence-corrected chi connectivity index (χ0v) is 20.4. The molecule has 3 aromatic rings. The number of carbonyl (C=O) groups is 1. The Morgan fingerprint density at radius 1 is 0.941 bits per heavy atom. The fourth-order valence-corrected chi connectivity index (χ4v) is 3.61. The molecule has 0 radical (unpaired) electrons. The summed E-state index contributed by atoms with van der Waals surface area (Å²) in [6.45, 7) is 6.37. The molecule has 7 heteroatoms. The fraction of sp³-hybridized carbons (Fsp3) is 0.296. The van der Waals surface area contributed by atoms with Crippen molar-refractivity contribution in [1.29, 1.82) is 0 Å². The van der Waals surface area contributed by atoms with Gasteiger partial charge in [0.05, 0.1) is 12.2 Å². The van der Waals surface area contributed by atoms with Gasteiger partial charge in [0.2, 0.25) is 0 Å². The lowest BCUT2D eigenvalue weighted by Crippen LogP contribution is -2.33. The number of ether oxygens (including phenoxy) is 1. The maximum atomic E-state index is 11.5. The highest BCUT2D eigenvalue weighted by Gasteiger charge is 2.16. The second-order valence-electron chi connectivity index (χ2n) is 8.41. The van der Waals surface area contributed by atoms with Crippen LogP contribution in [0.15, 0.2) is 66.7 Å². The maximum Gasteiger partial charge on any atom is 0.339 e. The number of carboxylic acid groups (broad SMARTS) is 1. The van der Waals surface area contributed by atoms with Crippen LogP contribution in [-0.2, 0) is 6.42 Å². The van der Waals surface area contributed by atoms with E-state index in [0.29, 0.717) is 12.3 Å². The van der Waals surface area contributed by atoms with Crippen molar-refractivity contribution >= 4 is 18.4 Å². The van der Waals surface area contributed by atoms with E-state index in [1.165, 1.54) is 0 Å². The fourth-order valence-electron chi connectivity index (χ4n) is 3.61. The molecular formula is C27H32ClNO5. The summed E-state index contributed by atoms with van der Waals surface area (Å²) in [5.74, 6) is -0.467. The van der Waals surface area contributed by atoms with Gasteiger partial charge in [0, 0.05) is 6.04 Å². The van der Waals surface area contributed by atoms with E-state index in [4.69, 9.17) is 4.74 Å². The van der Waals surface area contributed by atoms with Crippen molar-refractivity contribution in [2.24, 2.45) is 0 Å². The van der Waals surface area contributed by atoms with E-state index >= 15 is 0 Å². The number of rotatable bonds is 10. The van der Waals surface area contributed by atoms with Crippen LogP contribution >= 0.6 is 12.4 Å². The minimum Gasteiger partial charge on any atom is -0.508 e. The number of nitrogens with one attached hydrogen (secondary N) is 1. The van der Waals surface area contributed by atoms with Crippen molar-refractivity contribution in [2.45, 2.75) is 45.4 Å². The van der Waals surface area contributed by atoms with Gasteiger partial charge in [-0.15, -0.1) is 12.4 Å². The average molecular weight is 486 g/mol. The quantitative estimate of drug-likeness (QED) is 0.314. The van der Waals surface area contributed by atoms with Crippen molar-refractivity contribution in [2.75, 3.05) is 6.54 Å². The van der Waals surface area contributed by atoms with Gasteiger partial charge in [-0.25, -0.2) is 4.79 Å². The number of carboxylic acids is 1. The van der Waals surface area contributed by atoms with Crippen LogP contribution in [0.2, 0.25) is 0 Å². The lowest BCUT2D eigenvalue weighted by atomic mass is 10.0. The molecule has 3 aromatic carbocycles. The molecule has 0 aromatic heterocycles. The topological polar surface area (TPSA) is 99.0 Å². The van der Waals surface area contributed by atoms with Crippen molar-refractivity contribution in [1.82, 2.24) is 5.32 Å². The highest BCUT2D eigenvalue weighted by atomic mass is 35.5. The highest BCUT2D eigenvalue weighted by molar-refractivity contribution is 5.92. The molecule has 0 amide bonds. The number of phenols is 1. The second-order valence-corrected chi connectivity index (χ2v) is 8.41. The SMILES string of the molecule is CC(C)Oc1cc(-c2ccc(CCN[C@@H](C)[C@@H](O)c3ccc(O)cc3)cc2)ccc1C(=O)O.Cl. The Morgan fingerprint density at radius 2 is 1.56 bits per heavy atom. The number of benzene rings is 3. The first-order chi connectivity index (χ1) is 15.7. The minimum absolute atomic E-state index is 0. The smallest absolute Gasteiger partial charge is 0.339 e. The summed E-state index contributed by atoms with van der Waals surface area (Å²) in [4.78, 5) is 11.5. The molecule has 4 N–H and O–H groups in total. The van der Waals surface area contributed by atoms with Crippen molar-refractivity contribution in [3.8, 4) is 22.6 Å². The van der Waals surface area contributed by atoms with Gasteiger partial charge >= 0.3 is 5.97 Å². The third kappa shape index (κ3) is 7.22. The molecule has 0 saturated carbocycles. The van der Waals surface area contributed by atoms with E-state index in [9.17, 15) is 20.1 Å². The van der Waals surface area contributed by atoms with Crippen LogP contribution in [0, 0.1) is 0 Å². The van der Waals surface area contributed by atoms with E-state index in [2.05, 4.69) is 5.32 Å². The Balaban J connectivity index is 0.00000408. The molecule has 0 spiro atoms. The zero-order valence-electron chi connectivity index (χ0n) is 19.6. The predicted octanol–water partition coefficient (Wildman–Crippen LogP) is 5.22. The molecule has 182 valence electrons. The molecule has 0 heterocycles. The number of hydrogen-bond donors (Lipinski definition) is 4. The van der Waals surface area contributed by atoms with Gasteiger partial charge in [-0.3, -0.25) is 0 Å². The summed E-state index contributed by atoms with van der Waals surface area (Å²) in [6, 6.07) is 19.7. The van der Waals surface area contributed by atoms with Gasteiger partial charge in [0.15, 0.2) is 0 Å². The standard InChI is InChI=1S/C27H31NO5.ClH/c1-17(2)33-25-16-22(10-13-24(25)27(31)32)20-6-4-19(5-7-20)14-15-28-18(3)26(30)21-8-11-23(29)12-9-21;/h4-13,16-18,26,28-30H,14-15H2,1-3H3,(H,31,32);1H/t18-,26+;/m0./s1. The van der Waals surface area contributed by atoms with Crippen LogP contribution in [0.25, 0.3) is 11.1 Å². The molecule has 2 atom stereocenters. The van der Waals surface area contributed by atoms with Gasteiger partial charge in [-0.05, 0) is 80.3 Å². The number of aliphatic hydroxyl groups is 1. The zero-order chi connectivity index (χ0) is 24.0. The Kier molecular flexibility index (Phi) is 9.93. The Bertz CT molecular complexity index is 1070. The minimum atomic E-state index is -1.01. The van der Waals surface area contributed by atoms with Crippen LogP contribution in [0.5, 0.6) is 11.5 Å². The molecule has 0 unspecified atom stereocenters. The van der Waals surface area contributed by atoms with E-state index in [1.54, 1.807) is 42.5 Å². The Labute approximate surface area is 206 Å².